The first-order valence-electron chi connectivity index (χ1n) is 5.91. The van der Waals surface area contributed by atoms with Gasteiger partial charge in [-0.3, -0.25) is 0 Å². The molecule has 2 aromatic rings. The lowest BCUT2D eigenvalue weighted by molar-refractivity contribution is 0.475. The highest BCUT2D eigenvalue weighted by Gasteiger charge is 2.08. The van der Waals surface area contributed by atoms with Crippen molar-refractivity contribution >= 4 is 10.8 Å². The standard InChI is InChI=1S/C15H18O/c1-4-11-8-13(16)9-12-7-6-10(3)14(5-2)15(11)12/h6-9,16H,4-5H2,1-3H3. The van der Waals surface area contributed by atoms with Gasteiger partial charge in [0.15, 0.2) is 0 Å². The maximum atomic E-state index is 9.68. The molecule has 0 fully saturated rings. The lowest BCUT2D eigenvalue weighted by atomic mass is 9.93. The van der Waals surface area contributed by atoms with Crippen LogP contribution in [0.2, 0.25) is 0 Å². The Bertz CT molecular complexity index is 526. The van der Waals surface area contributed by atoms with Gasteiger partial charge in [0.1, 0.15) is 5.75 Å². The van der Waals surface area contributed by atoms with Gasteiger partial charge in [0.05, 0.1) is 0 Å². The molecular formula is C15H18O. The van der Waals surface area contributed by atoms with Gasteiger partial charge in [-0.05, 0) is 59.4 Å². The largest absolute Gasteiger partial charge is 0.508 e. The fourth-order valence-corrected chi connectivity index (χ4v) is 2.46. The Balaban J connectivity index is 2.89. The third kappa shape index (κ3) is 1.67. The zero-order chi connectivity index (χ0) is 11.7. The summed E-state index contributed by atoms with van der Waals surface area (Å²) in [4.78, 5) is 0. The van der Waals surface area contributed by atoms with Gasteiger partial charge >= 0.3 is 0 Å². The zero-order valence-electron chi connectivity index (χ0n) is 10.2. The fraction of sp³-hybridized carbons (Fsp3) is 0.333. The van der Waals surface area contributed by atoms with E-state index in [1.54, 1.807) is 0 Å². The molecule has 0 aliphatic carbocycles. The minimum Gasteiger partial charge on any atom is -0.508 e. The Hall–Kier alpha value is -1.50. The molecule has 1 heteroatoms. The van der Waals surface area contributed by atoms with Gasteiger partial charge in [0.2, 0.25) is 0 Å². The molecule has 0 radical (unpaired) electrons. The van der Waals surface area contributed by atoms with Crippen molar-refractivity contribution < 1.29 is 5.11 Å². The molecule has 2 rings (SSSR count). The van der Waals surface area contributed by atoms with Crippen molar-refractivity contribution in [2.45, 2.75) is 33.6 Å². The molecule has 1 nitrogen and oxygen atoms in total. The van der Waals surface area contributed by atoms with Crippen molar-refractivity contribution in [3.63, 3.8) is 0 Å². The minimum absolute atomic E-state index is 0.371. The number of aromatic hydroxyl groups is 1. The number of hydrogen-bond donors (Lipinski definition) is 1. The van der Waals surface area contributed by atoms with Crippen LogP contribution < -0.4 is 0 Å². The van der Waals surface area contributed by atoms with E-state index < -0.39 is 0 Å². The Morgan fingerprint density at radius 2 is 1.81 bits per heavy atom. The van der Waals surface area contributed by atoms with Crippen LogP contribution in [-0.2, 0) is 12.8 Å². The van der Waals surface area contributed by atoms with E-state index in [0.717, 1.165) is 18.2 Å². The number of benzene rings is 2. The van der Waals surface area contributed by atoms with E-state index in [1.165, 1.54) is 22.1 Å². The molecule has 0 aliphatic heterocycles. The highest BCUT2D eigenvalue weighted by molar-refractivity contribution is 5.91. The molecule has 0 aromatic heterocycles. The molecule has 0 saturated carbocycles. The van der Waals surface area contributed by atoms with Gasteiger partial charge in [-0.1, -0.05) is 26.0 Å². The van der Waals surface area contributed by atoms with Gasteiger partial charge in [0.25, 0.3) is 0 Å². The van der Waals surface area contributed by atoms with E-state index in [0.29, 0.717) is 5.75 Å². The molecule has 0 spiro atoms. The average Bonchev–Trinajstić information content (AvgIpc) is 2.28. The second-order valence-electron chi connectivity index (χ2n) is 4.27. The molecule has 0 atom stereocenters. The predicted octanol–water partition coefficient (Wildman–Crippen LogP) is 3.98. The number of hydrogen-bond acceptors (Lipinski definition) is 1. The zero-order valence-corrected chi connectivity index (χ0v) is 10.2. The second-order valence-corrected chi connectivity index (χ2v) is 4.27. The lowest BCUT2D eigenvalue weighted by Crippen LogP contribution is -1.93. The van der Waals surface area contributed by atoms with Crippen LogP contribution in [0.1, 0.15) is 30.5 Å². The monoisotopic (exact) mass is 214 g/mol. The summed E-state index contributed by atoms with van der Waals surface area (Å²) in [5.41, 5.74) is 4.00. The van der Waals surface area contributed by atoms with E-state index in [9.17, 15) is 5.11 Å². The van der Waals surface area contributed by atoms with Crippen LogP contribution in [-0.4, -0.2) is 5.11 Å². The molecule has 0 unspecified atom stereocenters. The number of rotatable bonds is 2. The van der Waals surface area contributed by atoms with E-state index in [4.69, 9.17) is 0 Å². The normalized spacial score (nSPS) is 10.9. The molecule has 0 heterocycles. The summed E-state index contributed by atoms with van der Waals surface area (Å²) >= 11 is 0. The van der Waals surface area contributed by atoms with Gasteiger partial charge < -0.3 is 5.11 Å². The van der Waals surface area contributed by atoms with Gasteiger partial charge in [0, 0.05) is 0 Å². The maximum absolute atomic E-state index is 9.68. The lowest BCUT2D eigenvalue weighted by Gasteiger charge is -2.12. The molecule has 0 saturated heterocycles. The van der Waals surface area contributed by atoms with Crippen LogP contribution in [0.5, 0.6) is 5.75 Å². The molecular weight excluding hydrogens is 196 g/mol. The molecule has 84 valence electrons. The smallest absolute Gasteiger partial charge is 0.116 e. The van der Waals surface area contributed by atoms with Crippen LogP contribution in [0.4, 0.5) is 0 Å². The first-order chi connectivity index (χ1) is 7.67. The van der Waals surface area contributed by atoms with Crippen molar-refractivity contribution in [1.29, 1.82) is 0 Å². The topological polar surface area (TPSA) is 20.2 Å². The van der Waals surface area contributed by atoms with Crippen molar-refractivity contribution in [2.75, 3.05) is 0 Å². The quantitative estimate of drug-likeness (QED) is 0.801. The van der Waals surface area contributed by atoms with Crippen molar-refractivity contribution in [1.82, 2.24) is 0 Å². The first-order valence-corrected chi connectivity index (χ1v) is 5.91. The molecule has 1 N–H and O–H groups in total. The van der Waals surface area contributed by atoms with Crippen LogP contribution in [0.25, 0.3) is 10.8 Å². The number of aryl methyl sites for hydroxylation is 3. The van der Waals surface area contributed by atoms with Crippen LogP contribution >= 0.6 is 0 Å². The predicted molar refractivity (Wildman–Crippen MR) is 69.1 cm³/mol. The highest BCUT2D eigenvalue weighted by Crippen LogP contribution is 2.30. The highest BCUT2D eigenvalue weighted by atomic mass is 16.3. The molecule has 16 heavy (non-hydrogen) atoms. The molecule has 0 bridgehead atoms. The summed E-state index contributed by atoms with van der Waals surface area (Å²) in [6.45, 7) is 6.48. The molecule has 0 amide bonds. The number of phenolic OH excluding ortho intramolecular Hbond substituents is 1. The minimum atomic E-state index is 0.371. The molecule has 2 aromatic carbocycles. The third-order valence-electron chi connectivity index (χ3n) is 3.26. The number of phenols is 1. The van der Waals surface area contributed by atoms with Crippen LogP contribution in [0.3, 0.4) is 0 Å². The summed E-state index contributed by atoms with van der Waals surface area (Å²) in [7, 11) is 0. The van der Waals surface area contributed by atoms with E-state index in [-0.39, 0.29) is 0 Å². The third-order valence-corrected chi connectivity index (χ3v) is 3.26. The number of fused-ring (bicyclic) bond motifs is 1. The van der Waals surface area contributed by atoms with Crippen LogP contribution in [0.15, 0.2) is 24.3 Å². The maximum Gasteiger partial charge on any atom is 0.116 e. The van der Waals surface area contributed by atoms with Crippen molar-refractivity contribution in [2.24, 2.45) is 0 Å². The summed E-state index contributed by atoms with van der Waals surface area (Å²) in [5, 5.41) is 12.2. The van der Waals surface area contributed by atoms with Gasteiger partial charge in [-0.25, -0.2) is 0 Å². The summed E-state index contributed by atoms with van der Waals surface area (Å²) in [6, 6.07) is 7.98. The summed E-state index contributed by atoms with van der Waals surface area (Å²) < 4.78 is 0. The average molecular weight is 214 g/mol. The van der Waals surface area contributed by atoms with E-state index in [2.05, 4.69) is 32.9 Å². The van der Waals surface area contributed by atoms with Crippen molar-refractivity contribution in [3.05, 3.63) is 41.0 Å². The Morgan fingerprint density at radius 3 is 2.44 bits per heavy atom. The Morgan fingerprint density at radius 1 is 1.06 bits per heavy atom. The van der Waals surface area contributed by atoms with Crippen molar-refractivity contribution in [3.8, 4) is 5.75 Å². The Kier molecular flexibility index (Phi) is 2.86. The SMILES string of the molecule is CCc1cc(O)cc2ccc(C)c(CC)c12. The molecule has 0 aliphatic rings. The fourth-order valence-electron chi connectivity index (χ4n) is 2.46. The van der Waals surface area contributed by atoms with Gasteiger partial charge in [-0.2, -0.15) is 0 Å². The second kappa shape index (κ2) is 4.17. The summed E-state index contributed by atoms with van der Waals surface area (Å²) in [5.74, 6) is 0.371. The van der Waals surface area contributed by atoms with E-state index in [1.807, 2.05) is 12.1 Å². The van der Waals surface area contributed by atoms with Gasteiger partial charge in [-0.15, -0.1) is 0 Å². The van der Waals surface area contributed by atoms with Crippen LogP contribution in [0, 0.1) is 6.92 Å². The first kappa shape index (κ1) is 11.0. The Labute approximate surface area is 96.7 Å². The summed E-state index contributed by atoms with van der Waals surface area (Å²) in [6.07, 6.45) is 2.00. The van der Waals surface area contributed by atoms with E-state index >= 15 is 0 Å².